The number of imidazole rings is 1. The molecule has 4 rings (SSSR count). The average Bonchev–Trinajstić information content (AvgIpc) is 3.52. The van der Waals surface area contributed by atoms with Crippen molar-refractivity contribution in [3.05, 3.63) is 54.1 Å². The molecule has 166 valence electrons. The van der Waals surface area contributed by atoms with E-state index in [1.807, 2.05) is 4.57 Å². The van der Waals surface area contributed by atoms with Gasteiger partial charge in [-0.15, -0.1) is 10.2 Å². The molecule has 0 saturated carbocycles. The first kappa shape index (κ1) is 21.6. The van der Waals surface area contributed by atoms with Crippen molar-refractivity contribution in [1.29, 1.82) is 0 Å². The van der Waals surface area contributed by atoms with Crippen LogP contribution in [0.1, 0.15) is 29.6 Å². The Bertz CT molecular complexity index is 1060. The number of likely N-dealkylation sites (tertiary alicyclic amines) is 1. The molecule has 1 aliphatic heterocycles. The van der Waals surface area contributed by atoms with Gasteiger partial charge in [0.2, 0.25) is 16.9 Å². The molecular weight excluding hydrogens is 430 g/mol. The Morgan fingerprint density at radius 3 is 2.72 bits per heavy atom. The van der Waals surface area contributed by atoms with Crippen molar-refractivity contribution in [2.24, 2.45) is 5.92 Å². The number of carbonyl (C=O) groups is 3. The van der Waals surface area contributed by atoms with Crippen LogP contribution in [-0.4, -0.2) is 55.5 Å². The molecule has 2 N–H and O–H groups in total. The first-order valence-electron chi connectivity index (χ1n) is 10.3. The average molecular weight is 454 g/mol. The molecule has 10 nitrogen and oxygen atoms in total. The van der Waals surface area contributed by atoms with Gasteiger partial charge in [-0.05, 0) is 31.0 Å². The number of piperidine rings is 1. The number of carbonyl (C=O) groups excluding carboxylic acids is 3. The lowest BCUT2D eigenvalue weighted by molar-refractivity contribution is -0.121. The maximum atomic E-state index is 12.9. The number of anilines is 2. The molecule has 0 spiro atoms. The van der Waals surface area contributed by atoms with Crippen LogP contribution in [0.15, 0.2) is 48.5 Å². The van der Waals surface area contributed by atoms with Gasteiger partial charge in [-0.2, -0.15) is 0 Å². The fourth-order valence-electron chi connectivity index (χ4n) is 3.57. The highest BCUT2D eigenvalue weighted by atomic mass is 32.1. The highest BCUT2D eigenvalue weighted by molar-refractivity contribution is 7.13. The van der Waals surface area contributed by atoms with Crippen molar-refractivity contribution in [1.82, 2.24) is 24.6 Å². The lowest BCUT2D eigenvalue weighted by Gasteiger charge is -2.31. The normalized spacial score (nSPS) is 14.2. The van der Waals surface area contributed by atoms with Crippen molar-refractivity contribution >= 4 is 39.9 Å². The van der Waals surface area contributed by atoms with Gasteiger partial charge in [-0.25, -0.2) is 4.98 Å². The minimum Gasteiger partial charge on any atom is -0.339 e. The summed E-state index contributed by atoms with van der Waals surface area (Å²) in [6.45, 7) is 1.52. The van der Waals surface area contributed by atoms with Gasteiger partial charge >= 0.3 is 0 Å². The van der Waals surface area contributed by atoms with Gasteiger partial charge in [0, 0.05) is 55.6 Å². The summed E-state index contributed by atoms with van der Waals surface area (Å²) in [5.41, 5.74) is 2.65. The Hall–Kier alpha value is -3.60. The molecule has 1 fully saturated rings. The van der Waals surface area contributed by atoms with E-state index >= 15 is 0 Å². The van der Waals surface area contributed by atoms with Gasteiger partial charge in [0.05, 0.1) is 6.33 Å². The second-order valence-electron chi connectivity index (χ2n) is 7.48. The fourth-order valence-corrected chi connectivity index (χ4v) is 4.01. The number of nitrogens with zero attached hydrogens (tertiary/aromatic N) is 5. The standard InChI is InChI=1S/C21H23N7O3S/c29-18(6-8-27-11-7-22-13-27)24-17-3-1-2-16(12-17)20(31)28-9-4-15(5-10-28)19(30)25-21-26-23-14-32-21/h1-3,7,11-15H,4-6,8-10H2,(H,24,29)(H,25,26,30). The SMILES string of the molecule is O=C(CCn1ccnc1)Nc1cccc(C(=O)N2CCC(C(=O)Nc3nncs3)CC2)c1. The molecule has 2 aromatic heterocycles. The number of hydrogen-bond acceptors (Lipinski definition) is 7. The Labute approximate surface area is 188 Å². The first-order chi connectivity index (χ1) is 15.6. The Balaban J connectivity index is 1.28. The van der Waals surface area contributed by atoms with Crippen LogP contribution in [0.4, 0.5) is 10.8 Å². The largest absolute Gasteiger partial charge is 0.339 e. The van der Waals surface area contributed by atoms with Crippen LogP contribution in [-0.2, 0) is 16.1 Å². The van der Waals surface area contributed by atoms with E-state index in [4.69, 9.17) is 0 Å². The summed E-state index contributed by atoms with van der Waals surface area (Å²) in [4.78, 5) is 43.2. The Kier molecular flexibility index (Phi) is 6.85. The summed E-state index contributed by atoms with van der Waals surface area (Å²) in [5, 5.41) is 13.6. The van der Waals surface area contributed by atoms with E-state index in [-0.39, 0.29) is 23.6 Å². The van der Waals surface area contributed by atoms with E-state index < -0.39 is 0 Å². The molecule has 11 heteroatoms. The zero-order valence-electron chi connectivity index (χ0n) is 17.3. The summed E-state index contributed by atoms with van der Waals surface area (Å²) in [6, 6.07) is 6.93. The van der Waals surface area contributed by atoms with Crippen LogP contribution in [0, 0.1) is 5.92 Å². The molecule has 3 aromatic rings. The van der Waals surface area contributed by atoms with Gasteiger partial charge in [0.25, 0.3) is 5.91 Å². The molecule has 1 aromatic carbocycles. The van der Waals surface area contributed by atoms with Gasteiger partial charge in [0.1, 0.15) is 5.51 Å². The third-order valence-corrected chi connectivity index (χ3v) is 5.90. The van der Waals surface area contributed by atoms with Gasteiger partial charge in [-0.3, -0.25) is 14.4 Å². The lowest BCUT2D eigenvalue weighted by Crippen LogP contribution is -2.41. The van der Waals surface area contributed by atoms with Crippen molar-refractivity contribution in [2.45, 2.75) is 25.8 Å². The molecule has 3 amide bonds. The number of amides is 3. The van der Waals surface area contributed by atoms with Gasteiger partial charge in [-0.1, -0.05) is 17.4 Å². The molecule has 0 atom stereocenters. The lowest BCUT2D eigenvalue weighted by atomic mass is 9.95. The van der Waals surface area contributed by atoms with E-state index in [9.17, 15) is 14.4 Å². The highest BCUT2D eigenvalue weighted by Gasteiger charge is 2.28. The van der Waals surface area contributed by atoms with E-state index in [0.29, 0.717) is 55.3 Å². The number of nitrogens with one attached hydrogen (secondary N) is 2. The van der Waals surface area contributed by atoms with Crippen LogP contribution in [0.5, 0.6) is 0 Å². The number of hydrogen-bond donors (Lipinski definition) is 2. The summed E-state index contributed by atoms with van der Waals surface area (Å²) in [7, 11) is 0. The monoisotopic (exact) mass is 453 g/mol. The molecule has 3 heterocycles. The molecular formula is C21H23N7O3S. The van der Waals surface area contributed by atoms with Crippen LogP contribution in [0.2, 0.25) is 0 Å². The minimum atomic E-state index is -0.163. The fraction of sp³-hybridized carbons (Fsp3) is 0.333. The molecule has 0 radical (unpaired) electrons. The van der Waals surface area contributed by atoms with Crippen LogP contribution in [0.3, 0.4) is 0 Å². The minimum absolute atomic E-state index is 0.0887. The van der Waals surface area contributed by atoms with E-state index in [1.165, 1.54) is 11.3 Å². The summed E-state index contributed by atoms with van der Waals surface area (Å²) >= 11 is 1.27. The van der Waals surface area contributed by atoms with Gasteiger partial charge in [0.15, 0.2) is 0 Å². The van der Waals surface area contributed by atoms with Crippen molar-refractivity contribution in [2.75, 3.05) is 23.7 Å². The van der Waals surface area contributed by atoms with Crippen LogP contribution < -0.4 is 10.6 Å². The van der Waals surface area contributed by atoms with E-state index in [2.05, 4.69) is 25.8 Å². The van der Waals surface area contributed by atoms with E-state index in [0.717, 1.165) is 0 Å². The maximum absolute atomic E-state index is 12.9. The number of rotatable bonds is 7. The summed E-state index contributed by atoms with van der Waals surface area (Å²) < 4.78 is 1.83. The summed E-state index contributed by atoms with van der Waals surface area (Å²) in [5.74, 6) is -0.494. The number of aryl methyl sites for hydroxylation is 1. The zero-order valence-corrected chi connectivity index (χ0v) is 18.1. The first-order valence-corrected chi connectivity index (χ1v) is 11.2. The predicted molar refractivity (Wildman–Crippen MR) is 119 cm³/mol. The van der Waals surface area contributed by atoms with Crippen molar-refractivity contribution in [3.63, 3.8) is 0 Å². The Morgan fingerprint density at radius 2 is 2.00 bits per heavy atom. The quantitative estimate of drug-likeness (QED) is 0.566. The third-order valence-electron chi connectivity index (χ3n) is 5.29. The van der Waals surface area contributed by atoms with Gasteiger partial charge < -0.3 is 20.1 Å². The molecule has 0 bridgehead atoms. The summed E-state index contributed by atoms with van der Waals surface area (Å²) in [6.07, 6.45) is 6.61. The van der Waals surface area contributed by atoms with Crippen LogP contribution >= 0.6 is 11.3 Å². The molecule has 1 aliphatic rings. The molecule has 1 saturated heterocycles. The van der Waals surface area contributed by atoms with Crippen molar-refractivity contribution < 1.29 is 14.4 Å². The highest BCUT2D eigenvalue weighted by Crippen LogP contribution is 2.22. The second-order valence-corrected chi connectivity index (χ2v) is 8.31. The van der Waals surface area contributed by atoms with Crippen LogP contribution in [0.25, 0.3) is 0 Å². The third kappa shape index (κ3) is 5.55. The molecule has 0 unspecified atom stereocenters. The smallest absolute Gasteiger partial charge is 0.253 e. The van der Waals surface area contributed by atoms with E-state index in [1.54, 1.807) is 53.4 Å². The predicted octanol–water partition coefficient (Wildman–Crippen LogP) is 2.25. The van der Waals surface area contributed by atoms with Crippen molar-refractivity contribution in [3.8, 4) is 0 Å². The number of benzene rings is 1. The molecule has 0 aliphatic carbocycles. The zero-order chi connectivity index (χ0) is 22.3. The maximum Gasteiger partial charge on any atom is 0.253 e. The topological polar surface area (TPSA) is 122 Å². The second kappa shape index (κ2) is 10.1. The molecule has 32 heavy (non-hydrogen) atoms. The Morgan fingerprint density at radius 1 is 1.16 bits per heavy atom. The number of aromatic nitrogens is 4.